The number of Topliss-reactive ketones (excluding diaryl/α,β-unsaturated/α-hetero) is 1. The van der Waals surface area contributed by atoms with Crippen molar-refractivity contribution in [1.29, 1.82) is 0 Å². The van der Waals surface area contributed by atoms with Gasteiger partial charge in [0, 0.05) is 22.8 Å². The largest absolute Gasteiger partial charge is 0.324 e. The summed E-state index contributed by atoms with van der Waals surface area (Å²) in [6, 6.07) is 7.77. The number of amides is 1. The summed E-state index contributed by atoms with van der Waals surface area (Å²) in [5.41, 5.74) is 6.47. The molecule has 1 aromatic carbocycles. The molecule has 3 rings (SSSR count). The average molecular weight is 498 g/mol. The molecular formula is C18H15BrCl2N6O2. The van der Waals surface area contributed by atoms with Crippen LogP contribution in [-0.2, 0) is 0 Å². The lowest BCUT2D eigenvalue weighted by atomic mass is 10.0. The molecule has 8 nitrogen and oxygen atoms in total. The number of carbonyl (C=O) groups excluding carboxylic acids is 2. The fraction of sp³-hybridized carbons (Fsp3) is 0.111. The Morgan fingerprint density at radius 1 is 1.28 bits per heavy atom. The van der Waals surface area contributed by atoms with Crippen molar-refractivity contribution in [1.82, 2.24) is 14.8 Å². The van der Waals surface area contributed by atoms with Crippen LogP contribution in [0.3, 0.4) is 0 Å². The van der Waals surface area contributed by atoms with Crippen LogP contribution >= 0.6 is 39.1 Å². The van der Waals surface area contributed by atoms with Gasteiger partial charge in [0.15, 0.2) is 11.6 Å². The lowest BCUT2D eigenvalue weighted by Gasteiger charge is -2.22. The molecule has 150 valence electrons. The molecule has 0 bridgehead atoms. The number of nitrogens with zero attached hydrogens (tertiary/aromatic N) is 4. The Kier molecular flexibility index (Phi) is 6.35. The number of carbonyl (C=O) groups is 2. The first-order valence-electron chi connectivity index (χ1n) is 8.23. The standard InChI is InChI=1S/C18H15BrCl2N6O2/c1-9-5-10(20)6-11(14(28)8-22)16(9)26(23)18(29)13-7-15(19)25-27(13)17-12(21)3-2-4-24-17/h2-7H,8,22-23H2,1H3. The molecule has 11 heteroatoms. The van der Waals surface area contributed by atoms with Gasteiger partial charge in [0.2, 0.25) is 0 Å². The number of hydrazine groups is 1. The highest BCUT2D eigenvalue weighted by molar-refractivity contribution is 9.10. The second-order valence-electron chi connectivity index (χ2n) is 5.99. The van der Waals surface area contributed by atoms with Gasteiger partial charge in [-0.1, -0.05) is 23.2 Å². The zero-order valence-corrected chi connectivity index (χ0v) is 18.2. The molecule has 1 amide bonds. The summed E-state index contributed by atoms with van der Waals surface area (Å²) in [4.78, 5) is 29.7. The smallest absolute Gasteiger partial charge is 0.291 e. The van der Waals surface area contributed by atoms with Crippen LogP contribution in [0.5, 0.6) is 0 Å². The van der Waals surface area contributed by atoms with Gasteiger partial charge in [-0.3, -0.25) is 9.59 Å². The van der Waals surface area contributed by atoms with E-state index in [1.807, 2.05) is 0 Å². The fourth-order valence-electron chi connectivity index (χ4n) is 2.80. The van der Waals surface area contributed by atoms with Gasteiger partial charge in [0.1, 0.15) is 10.3 Å². The number of aryl methyl sites for hydroxylation is 1. The molecule has 0 fully saturated rings. The van der Waals surface area contributed by atoms with Gasteiger partial charge in [0.05, 0.1) is 17.3 Å². The Labute approximate surface area is 184 Å². The minimum absolute atomic E-state index is 0.0838. The Hall–Kier alpha value is -2.30. The molecule has 3 aromatic rings. The van der Waals surface area contributed by atoms with Crippen LogP contribution in [0, 0.1) is 6.92 Å². The molecule has 29 heavy (non-hydrogen) atoms. The molecule has 0 aliphatic rings. The molecule has 0 atom stereocenters. The SMILES string of the molecule is Cc1cc(Cl)cc(C(=O)CN)c1N(N)C(=O)c1cc(Br)nn1-c1ncccc1Cl. The van der Waals surface area contributed by atoms with Crippen molar-refractivity contribution in [2.75, 3.05) is 11.6 Å². The Balaban J connectivity index is 2.12. The number of halogens is 3. The summed E-state index contributed by atoms with van der Waals surface area (Å²) in [5, 5.41) is 5.72. The number of hydrogen-bond donors (Lipinski definition) is 2. The number of rotatable bonds is 5. The first-order valence-corrected chi connectivity index (χ1v) is 9.78. The number of pyridine rings is 1. The van der Waals surface area contributed by atoms with Gasteiger partial charge in [-0.2, -0.15) is 5.10 Å². The summed E-state index contributed by atoms with van der Waals surface area (Å²) < 4.78 is 1.65. The number of ketones is 1. The number of hydrogen-bond acceptors (Lipinski definition) is 6. The molecule has 0 saturated carbocycles. The molecule has 0 saturated heterocycles. The van der Waals surface area contributed by atoms with Crippen molar-refractivity contribution in [2.45, 2.75) is 6.92 Å². The molecular weight excluding hydrogens is 483 g/mol. The van der Waals surface area contributed by atoms with Crippen molar-refractivity contribution in [2.24, 2.45) is 11.6 Å². The Morgan fingerprint density at radius 2 is 2.00 bits per heavy atom. The van der Waals surface area contributed by atoms with E-state index in [2.05, 4.69) is 26.0 Å². The van der Waals surface area contributed by atoms with Crippen LogP contribution < -0.4 is 16.6 Å². The molecule has 0 unspecified atom stereocenters. The van der Waals surface area contributed by atoms with Crippen molar-refractivity contribution >= 4 is 56.5 Å². The monoisotopic (exact) mass is 496 g/mol. The second kappa shape index (κ2) is 8.60. The predicted octanol–water partition coefficient (Wildman–Crippen LogP) is 3.31. The van der Waals surface area contributed by atoms with E-state index in [1.165, 1.54) is 23.0 Å². The molecule has 0 spiro atoms. The van der Waals surface area contributed by atoms with Crippen LogP contribution in [0.1, 0.15) is 26.4 Å². The molecule has 4 N–H and O–H groups in total. The van der Waals surface area contributed by atoms with Gasteiger partial charge in [-0.05, 0) is 52.7 Å². The van der Waals surface area contributed by atoms with Crippen LogP contribution in [-0.4, -0.2) is 33.0 Å². The molecule has 0 radical (unpaired) electrons. The maximum absolute atomic E-state index is 13.2. The van der Waals surface area contributed by atoms with E-state index < -0.39 is 11.7 Å². The third-order valence-electron chi connectivity index (χ3n) is 4.05. The van der Waals surface area contributed by atoms with Gasteiger partial charge < -0.3 is 5.73 Å². The zero-order chi connectivity index (χ0) is 21.3. The quantitative estimate of drug-likeness (QED) is 0.241. The van der Waals surface area contributed by atoms with E-state index in [9.17, 15) is 9.59 Å². The summed E-state index contributed by atoms with van der Waals surface area (Å²) in [7, 11) is 0. The van der Waals surface area contributed by atoms with Crippen molar-refractivity contribution in [3.05, 3.63) is 68.0 Å². The van der Waals surface area contributed by atoms with E-state index in [0.717, 1.165) is 5.01 Å². The first-order chi connectivity index (χ1) is 13.7. The number of anilines is 1. The van der Waals surface area contributed by atoms with E-state index in [1.54, 1.807) is 25.1 Å². The Bertz CT molecular complexity index is 1120. The maximum atomic E-state index is 13.2. The Morgan fingerprint density at radius 3 is 2.66 bits per heavy atom. The van der Waals surface area contributed by atoms with Crippen molar-refractivity contribution in [3.63, 3.8) is 0 Å². The molecule has 2 aromatic heterocycles. The van der Waals surface area contributed by atoms with Crippen molar-refractivity contribution in [3.8, 4) is 5.82 Å². The zero-order valence-electron chi connectivity index (χ0n) is 15.1. The minimum Gasteiger partial charge on any atom is -0.324 e. The molecule has 0 aliphatic heterocycles. The van der Waals surface area contributed by atoms with E-state index in [4.69, 9.17) is 34.8 Å². The second-order valence-corrected chi connectivity index (χ2v) is 7.65. The highest BCUT2D eigenvalue weighted by atomic mass is 79.9. The number of aromatic nitrogens is 3. The summed E-state index contributed by atoms with van der Waals surface area (Å²) in [6.07, 6.45) is 1.52. The molecule has 0 aliphatic carbocycles. The number of benzene rings is 1. The first kappa shape index (κ1) is 21.4. The minimum atomic E-state index is -0.638. The predicted molar refractivity (Wildman–Crippen MR) is 115 cm³/mol. The van der Waals surface area contributed by atoms with E-state index in [-0.39, 0.29) is 29.3 Å². The average Bonchev–Trinajstić information content (AvgIpc) is 3.07. The third-order valence-corrected chi connectivity index (χ3v) is 4.95. The lowest BCUT2D eigenvalue weighted by Crippen LogP contribution is -2.40. The van der Waals surface area contributed by atoms with Gasteiger partial charge >= 0.3 is 0 Å². The van der Waals surface area contributed by atoms with Crippen LogP contribution in [0.15, 0.2) is 41.1 Å². The summed E-state index contributed by atoms with van der Waals surface area (Å²) in [5.74, 6) is 5.36. The number of nitrogens with two attached hydrogens (primary N) is 2. The fourth-order valence-corrected chi connectivity index (χ4v) is 3.65. The van der Waals surface area contributed by atoms with E-state index in [0.29, 0.717) is 20.2 Å². The lowest BCUT2D eigenvalue weighted by molar-refractivity contribution is 0.0978. The van der Waals surface area contributed by atoms with Gasteiger partial charge in [-0.15, -0.1) is 0 Å². The summed E-state index contributed by atoms with van der Waals surface area (Å²) >= 11 is 15.5. The maximum Gasteiger partial charge on any atom is 0.291 e. The van der Waals surface area contributed by atoms with Crippen LogP contribution in [0.25, 0.3) is 5.82 Å². The highest BCUT2D eigenvalue weighted by Crippen LogP contribution is 2.30. The normalized spacial score (nSPS) is 10.8. The van der Waals surface area contributed by atoms with Crippen LogP contribution in [0.2, 0.25) is 10.0 Å². The van der Waals surface area contributed by atoms with Gasteiger partial charge in [-0.25, -0.2) is 20.5 Å². The molecule has 2 heterocycles. The van der Waals surface area contributed by atoms with Gasteiger partial charge in [0.25, 0.3) is 5.91 Å². The highest BCUT2D eigenvalue weighted by Gasteiger charge is 2.27. The summed E-state index contributed by atoms with van der Waals surface area (Å²) in [6.45, 7) is 1.42. The van der Waals surface area contributed by atoms with Crippen LogP contribution in [0.4, 0.5) is 5.69 Å². The third kappa shape index (κ3) is 4.19. The van der Waals surface area contributed by atoms with Crippen molar-refractivity contribution < 1.29 is 9.59 Å². The topological polar surface area (TPSA) is 120 Å². The van der Waals surface area contributed by atoms with E-state index >= 15 is 0 Å².